The number of nitrogens with one attached hydrogen (secondary N) is 1. The summed E-state index contributed by atoms with van der Waals surface area (Å²) in [5, 5.41) is 3.61. The van der Waals surface area contributed by atoms with E-state index in [1.807, 2.05) is 0 Å². The summed E-state index contributed by atoms with van der Waals surface area (Å²) >= 11 is 0. The first kappa shape index (κ1) is 11.4. The molecule has 0 saturated carbocycles. The van der Waals surface area contributed by atoms with Gasteiger partial charge in [-0.3, -0.25) is 4.79 Å². The van der Waals surface area contributed by atoms with Crippen molar-refractivity contribution in [3.8, 4) is 0 Å². The summed E-state index contributed by atoms with van der Waals surface area (Å²) in [6, 6.07) is -0.725. The van der Waals surface area contributed by atoms with Crippen LogP contribution in [0.3, 0.4) is 0 Å². The summed E-state index contributed by atoms with van der Waals surface area (Å²) in [4.78, 5) is 20.9. The smallest absolute Gasteiger partial charge is 0.332 e. The largest absolute Gasteiger partial charge is 0.469 e. The van der Waals surface area contributed by atoms with Crippen LogP contribution in [-0.2, 0) is 9.53 Å². The van der Waals surface area contributed by atoms with E-state index < -0.39 is 6.03 Å². The van der Waals surface area contributed by atoms with E-state index in [1.54, 1.807) is 6.92 Å². The van der Waals surface area contributed by atoms with Gasteiger partial charge in [-0.05, 0) is 13.3 Å². The number of carbonyl (C=O) groups excluding carboxylic acids is 2. The van der Waals surface area contributed by atoms with Crippen LogP contribution in [0.1, 0.15) is 19.8 Å². The second-order valence-corrected chi connectivity index (χ2v) is 2.40. The summed E-state index contributed by atoms with van der Waals surface area (Å²) in [6.45, 7) is 1.68. The Bertz CT molecular complexity index is 225. The summed E-state index contributed by atoms with van der Waals surface area (Å²) in [6.07, 6.45) is 0.680. The predicted octanol–water partition coefficient (Wildman–Crippen LogP) is -0.0162. The molecule has 0 aromatic rings. The molecule has 0 aliphatic rings. The van der Waals surface area contributed by atoms with E-state index >= 15 is 0 Å². The van der Waals surface area contributed by atoms with Crippen LogP contribution in [0.4, 0.5) is 4.79 Å². The number of primary amides is 1. The highest BCUT2D eigenvalue weighted by molar-refractivity contribution is 5.86. The Morgan fingerprint density at radius 3 is 2.54 bits per heavy atom. The molecule has 0 aromatic carbocycles. The number of ether oxygens (including phenoxy) is 1. The van der Waals surface area contributed by atoms with Gasteiger partial charge in [-0.25, -0.2) is 10.2 Å². The molecule has 0 rings (SSSR count). The summed E-state index contributed by atoms with van der Waals surface area (Å²) in [5.74, 6) is -0.311. The highest BCUT2D eigenvalue weighted by atomic mass is 16.5. The van der Waals surface area contributed by atoms with Crippen molar-refractivity contribution in [1.82, 2.24) is 5.43 Å². The van der Waals surface area contributed by atoms with Crippen molar-refractivity contribution in [2.45, 2.75) is 19.8 Å². The van der Waals surface area contributed by atoms with Crippen molar-refractivity contribution in [3.63, 3.8) is 0 Å². The molecule has 0 bridgehead atoms. The van der Waals surface area contributed by atoms with Gasteiger partial charge < -0.3 is 10.5 Å². The van der Waals surface area contributed by atoms with Gasteiger partial charge in [-0.1, -0.05) is 0 Å². The van der Waals surface area contributed by atoms with Crippen LogP contribution in [0.5, 0.6) is 0 Å². The number of amides is 2. The third-order valence-electron chi connectivity index (χ3n) is 1.28. The molecule has 6 heteroatoms. The van der Waals surface area contributed by atoms with Gasteiger partial charge in [0.25, 0.3) is 0 Å². The minimum Gasteiger partial charge on any atom is -0.469 e. The maximum Gasteiger partial charge on any atom is 0.332 e. The number of nitrogens with two attached hydrogens (primary N) is 1. The molecular formula is C7H13N3O3. The van der Waals surface area contributed by atoms with Gasteiger partial charge in [0.2, 0.25) is 0 Å². The lowest BCUT2D eigenvalue weighted by molar-refractivity contribution is -0.140. The molecule has 74 valence electrons. The molecule has 0 heterocycles. The highest BCUT2D eigenvalue weighted by Crippen LogP contribution is 1.93. The van der Waals surface area contributed by atoms with Gasteiger partial charge in [-0.15, -0.1) is 0 Å². The maximum absolute atomic E-state index is 10.7. The predicted molar refractivity (Wildman–Crippen MR) is 47.1 cm³/mol. The molecule has 0 unspecified atom stereocenters. The Labute approximate surface area is 76.1 Å². The fraction of sp³-hybridized carbons (Fsp3) is 0.571. The lowest BCUT2D eigenvalue weighted by Crippen LogP contribution is -2.25. The zero-order valence-electron chi connectivity index (χ0n) is 7.66. The lowest BCUT2D eigenvalue weighted by Gasteiger charge is -1.99. The Kier molecular flexibility index (Phi) is 5.25. The molecule has 2 amide bonds. The monoisotopic (exact) mass is 187 g/mol. The lowest BCUT2D eigenvalue weighted by atomic mass is 10.2. The minimum absolute atomic E-state index is 0.242. The second kappa shape index (κ2) is 5.99. The van der Waals surface area contributed by atoms with Gasteiger partial charge >= 0.3 is 12.0 Å². The van der Waals surface area contributed by atoms with E-state index in [4.69, 9.17) is 5.73 Å². The average molecular weight is 187 g/mol. The number of hydrazone groups is 1. The first-order chi connectivity index (χ1) is 6.06. The number of nitrogens with zero attached hydrogens (tertiary/aromatic N) is 1. The van der Waals surface area contributed by atoms with Gasteiger partial charge in [0.05, 0.1) is 13.5 Å². The van der Waals surface area contributed by atoms with E-state index in [9.17, 15) is 9.59 Å². The Hall–Kier alpha value is -1.59. The molecule has 0 saturated heterocycles. The maximum atomic E-state index is 10.7. The molecule has 0 atom stereocenters. The third kappa shape index (κ3) is 6.79. The number of carbonyl (C=O) groups is 2. The van der Waals surface area contributed by atoms with Crippen LogP contribution in [0.2, 0.25) is 0 Å². The van der Waals surface area contributed by atoms with E-state index in [2.05, 4.69) is 15.3 Å². The number of rotatable bonds is 4. The number of hydrogen-bond donors (Lipinski definition) is 2. The SMILES string of the molecule is COC(=O)CC/C(C)=N\NC(N)=O. The van der Waals surface area contributed by atoms with Crippen LogP contribution >= 0.6 is 0 Å². The van der Waals surface area contributed by atoms with Crippen molar-refractivity contribution in [2.24, 2.45) is 10.8 Å². The first-order valence-corrected chi connectivity index (χ1v) is 3.71. The number of esters is 1. The van der Waals surface area contributed by atoms with Gasteiger partial charge in [-0.2, -0.15) is 5.10 Å². The van der Waals surface area contributed by atoms with Crippen LogP contribution in [-0.4, -0.2) is 24.8 Å². The molecular weight excluding hydrogens is 174 g/mol. The zero-order valence-corrected chi connectivity index (χ0v) is 7.66. The quantitative estimate of drug-likeness (QED) is 0.368. The van der Waals surface area contributed by atoms with E-state index in [1.165, 1.54) is 7.11 Å². The molecule has 6 nitrogen and oxygen atoms in total. The summed E-state index contributed by atoms with van der Waals surface area (Å²) in [7, 11) is 1.32. The molecule has 3 N–H and O–H groups in total. The average Bonchev–Trinajstić information content (AvgIpc) is 2.10. The Balaban J connectivity index is 3.73. The van der Waals surface area contributed by atoms with Gasteiger partial charge in [0.15, 0.2) is 0 Å². The Morgan fingerprint density at radius 2 is 2.08 bits per heavy atom. The van der Waals surface area contributed by atoms with Crippen LogP contribution in [0.15, 0.2) is 5.10 Å². The van der Waals surface area contributed by atoms with Crippen molar-refractivity contribution in [1.29, 1.82) is 0 Å². The van der Waals surface area contributed by atoms with Crippen molar-refractivity contribution >= 4 is 17.7 Å². The molecule has 13 heavy (non-hydrogen) atoms. The van der Waals surface area contributed by atoms with Crippen LogP contribution in [0, 0.1) is 0 Å². The normalized spacial score (nSPS) is 10.8. The number of urea groups is 1. The third-order valence-corrected chi connectivity index (χ3v) is 1.28. The van der Waals surface area contributed by atoms with Crippen LogP contribution in [0.25, 0.3) is 0 Å². The van der Waals surface area contributed by atoms with Crippen LogP contribution < -0.4 is 11.2 Å². The highest BCUT2D eigenvalue weighted by Gasteiger charge is 2.01. The summed E-state index contributed by atoms with van der Waals surface area (Å²) < 4.78 is 4.42. The zero-order chi connectivity index (χ0) is 10.3. The van der Waals surface area contributed by atoms with E-state index in [0.717, 1.165) is 0 Å². The van der Waals surface area contributed by atoms with Gasteiger partial charge in [0.1, 0.15) is 0 Å². The fourth-order valence-corrected chi connectivity index (χ4v) is 0.591. The number of methoxy groups -OCH3 is 1. The van der Waals surface area contributed by atoms with Crippen molar-refractivity contribution < 1.29 is 14.3 Å². The minimum atomic E-state index is -0.725. The molecule has 0 aromatic heterocycles. The topological polar surface area (TPSA) is 93.8 Å². The molecule has 0 spiro atoms. The standard InChI is InChI=1S/C7H13N3O3/c1-5(9-10-7(8)12)3-4-6(11)13-2/h3-4H2,1-2H3,(H3,8,10,12)/b9-5-. The molecule has 0 fully saturated rings. The van der Waals surface area contributed by atoms with Crippen molar-refractivity contribution in [3.05, 3.63) is 0 Å². The first-order valence-electron chi connectivity index (χ1n) is 3.71. The number of hydrogen-bond acceptors (Lipinski definition) is 4. The summed E-state index contributed by atoms with van der Waals surface area (Å²) in [5.41, 5.74) is 7.45. The fourth-order valence-electron chi connectivity index (χ4n) is 0.591. The van der Waals surface area contributed by atoms with E-state index in [-0.39, 0.29) is 12.4 Å². The molecule has 0 aliphatic carbocycles. The Morgan fingerprint density at radius 1 is 1.46 bits per heavy atom. The second-order valence-electron chi connectivity index (χ2n) is 2.40. The van der Waals surface area contributed by atoms with E-state index in [0.29, 0.717) is 12.1 Å². The molecule has 0 radical (unpaired) electrons. The molecule has 0 aliphatic heterocycles. The van der Waals surface area contributed by atoms with Crippen molar-refractivity contribution in [2.75, 3.05) is 7.11 Å². The van der Waals surface area contributed by atoms with Gasteiger partial charge in [0, 0.05) is 5.71 Å².